The maximum Gasteiger partial charge on any atom is 0.258 e. The SMILES string of the molecule is CN(C)C/C=C/C(=O)Nc1cccc2c1CN(C(=O)c1cc(Br)c(O)cc1O)C2. The first-order valence-electron chi connectivity index (χ1n) is 9.00. The Labute approximate surface area is 177 Å². The van der Waals surface area contributed by atoms with E-state index in [4.69, 9.17) is 0 Å². The van der Waals surface area contributed by atoms with Crippen LogP contribution in [0, 0.1) is 0 Å². The van der Waals surface area contributed by atoms with Crippen molar-refractivity contribution in [2.75, 3.05) is 26.0 Å². The molecule has 8 heteroatoms. The Kier molecular flexibility index (Phi) is 6.24. The third-order valence-electron chi connectivity index (χ3n) is 4.56. The zero-order valence-electron chi connectivity index (χ0n) is 16.1. The number of nitrogens with zero attached hydrogens (tertiary/aromatic N) is 2. The molecule has 2 amide bonds. The number of carbonyl (C=O) groups excluding carboxylic acids is 2. The molecule has 0 aromatic heterocycles. The number of nitrogens with one attached hydrogen (secondary N) is 1. The molecular formula is C21H22BrN3O4. The van der Waals surface area contributed by atoms with E-state index in [1.165, 1.54) is 12.1 Å². The molecule has 3 rings (SSSR count). The molecule has 2 aromatic rings. The van der Waals surface area contributed by atoms with Gasteiger partial charge in [-0.2, -0.15) is 0 Å². The third-order valence-corrected chi connectivity index (χ3v) is 5.20. The third kappa shape index (κ3) is 4.78. The average molecular weight is 460 g/mol. The molecule has 7 nitrogen and oxygen atoms in total. The number of halogens is 1. The van der Waals surface area contributed by atoms with Gasteiger partial charge in [0.05, 0.1) is 10.0 Å². The Balaban J connectivity index is 1.76. The van der Waals surface area contributed by atoms with Crippen LogP contribution in [0.1, 0.15) is 21.5 Å². The summed E-state index contributed by atoms with van der Waals surface area (Å²) in [5.41, 5.74) is 2.56. The molecule has 0 radical (unpaired) electrons. The topological polar surface area (TPSA) is 93.1 Å². The fourth-order valence-corrected chi connectivity index (χ4v) is 3.46. The zero-order chi connectivity index (χ0) is 21.1. The van der Waals surface area contributed by atoms with Crippen LogP contribution in [0.25, 0.3) is 0 Å². The number of carbonyl (C=O) groups is 2. The minimum atomic E-state index is -0.359. The number of benzene rings is 2. The maximum atomic E-state index is 12.9. The molecule has 1 aliphatic heterocycles. The van der Waals surface area contributed by atoms with Crippen molar-refractivity contribution in [1.29, 1.82) is 0 Å². The van der Waals surface area contributed by atoms with Crippen molar-refractivity contribution >= 4 is 33.4 Å². The van der Waals surface area contributed by atoms with Crippen LogP contribution in [0.15, 0.2) is 47.0 Å². The summed E-state index contributed by atoms with van der Waals surface area (Å²) < 4.78 is 0.327. The van der Waals surface area contributed by atoms with Crippen molar-refractivity contribution < 1.29 is 19.8 Å². The number of amides is 2. The Morgan fingerprint density at radius 1 is 1.21 bits per heavy atom. The van der Waals surface area contributed by atoms with Crippen LogP contribution >= 0.6 is 15.9 Å². The summed E-state index contributed by atoms with van der Waals surface area (Å²) in [4.78, 5) is 28.6. The minimum absolute atomic E-state index is 0.0969. The Morgan fingerprint density at radius 2 is 1.97 bits per heavy atom. The lowest BCUT2D eigenvalue weighted by Crippen LogP contribution is -2.25. The van der Waals surface area contributed by atoms with Crippen LogP contribution in [0.5, 0.6) is 11.5 Å². The van der Waals surface area contributed by atoms with Gasteiger partial charge in [0.15, 0.2) is 0 Å². The van der Waals surface area contributed by atoms with Crippen molar-refractivity contribution in [3.05, 3.63) is 63.6 Å². The average Bonchev–Trinajstić information content (AvgIpc) is 3.09. The van der Waals surface area contributed by atoms with E-state index in [-0.39, 0.29) is 28.9 Å². The van der Waals surface area contributed by atoms with Crippen LogP contribution in [0.2, 0.25) is 0 Å². The van der Waals surface area contributed by atoms with Gasteiger partial charge >= 0.3 is 0 Å². The second-order valence-corrected chi connectivity index (χ2v) is 7.93. The van der Waals surface area contributed by atoms with Gasteiger partial charge in [-0.1, -0.05) is 18.2 Å². The van der Waals surface area contributed by atoms with Gasteiger partial charge < -0.3 is 25.3 Å². The van der Waals surface area contributed by atoms with Gasteiger partial charge in [-0.15, -0.1) is 0 Å². The number of rotatable bonds is 5. The molecule has 0 fully saturated rings. The number of fused-ring (bicyclic) bond motifs is 1. The van der Waals surface area contributed by atoms with Gasteiger partial charge in [0, 0.05) is 43.0 Å². The predicted octanol–water partition coefficient (Wildman–Crippen LogP) is 3.07. The lowest BCUT2D eigenvalue weighted by molar-refractivity contribution is -0.111. The highest BCUT2D eigenvalue weighted by Crippen LogP contribution is 2.35. The van der Waals surface area contributed by atoms with E-state index in [1.54, 1.807) is 17.0 Å². The minimum Gasteiger partial charge on any atom is -0.507 e. The first-order chi connectivity index (χ1) is 13.8. The van der Waals surface area contributed by atoms with E-state index < -0.39 is 0 Å². The van der Waals surface area contributed by atoms with Gasteiger partial charge in [0.25, 0.3) is 5.91 Å². The summed E-state index contributed by atoms with van der Waals surface area (Å²) in [6, 6.07) is 8.08. The highest BCUT2D eigenvalue weighted by atomic mass is 79.9. The number of likely N-dealkylation sites (N-methyl/N-ethyl adjacent to an activating group) is 1. The summed E-state index contributed by atoms with van der Waals surface area (Å²) in [7, 11) is 3.84. The van der Waals surface area contributed by atoms with Crippen molar-refractivity contribution in [2.45, 2.75) is 13.1 Å². The molecule has 0 bridgehead atoms. The summed E-state index contributed by atoms with van der Waals surface area (Å²) in [6.07, 6.45) is 3.27. The molecule has 29 heavy (non-hydrogen) atoms. The van der Waals surface area contributed by atoms with Crippen LogP contribution < -0.4 is 5.32 Å². The predicted molar refractivity (Wildman–Crippen MR) is 114 cm³/mol. The van der Waals surface area contributed by atoms with E-state index in [1.807, 2.05) is 31.1 Å². The van der Waals surface area contributed by atoms with Gasteiger partial charge in [-0.3, -0.25) is 9.59 Å². The van der Waals surface area contributed by atoms with Crippen molar-refractivity contribution in [2.24, 2.45) is 0 Å². The molecule has 0 saturated heterocycles. The lowest BCUT2D eigenvalue weighted by atomic mass is 10.1. The largest absolute Gasteiger partial charge is 0.507 e. The van der Waals surface area contributed by atoms with Crippen LogP contribution in [0.3, 0.4) is 0 Å². The number of phenols is 2. The van der Waals surface area contributed by atoms with Crippen LogP contribution in [-0.4, -0.2) is 52.5 Å². The smallest absolute Gasteiger partial charge is 0.258 e. The first kappa shape index (κ1) is 20.9. The zero-order valence-corrected chi connectivity index (χ0v) is 17.7. The fraction of sp³-hybridized carbons (Fsp3) is 0.238. The molecule has 0 saturated carbocycles. The van der Waals surface area contributed by atoms with Gasteiger partial charge in [-0.25, -0.2) is 0 Å². The molecule has 1 aliphatic rings. The van der Waals surface area contributed by atoms with E-state index in [2.05, 4.69) is 21.2 Å². The molecule has 2 aromatic carbocycles. The maximum absolute atomic E-state index is 12.9. The van der Waals surface area contributed by atoms with Gasteiger partial charge in [0.2, 0.25) is 5.91 Å². The molecule has 0 spiro atoms. The number of aromatic hydroxyl groups is 2. The first-order valence-corrected chi connectivity index (χ1v) is 9.79. The van der Waals surface area contributed by atoms with Gasteiger partial charge in [0.1, 0.15) is 11.5 Å². The molecule has 3 N–H and O–H groups in total. The van der Waals surface area contributed by atoms with E-state index in [0.717, 1.165) is 17.2 Å². The Bertz CT molecular complexity index is 988. The summed E-state index contributed by atoms with van der Waals surface area (Å²) in [5, 5.41) is 22.6. The standard InChI is InChI=1S/C21H22BrN3O4/c1-24(2)8-4-7-20(28)23-17-6-3-5-13-11-25(12-15(13)17)21(29)14-9-16(22)19(27)10-18(14)26/h3-7,9-10,26-27H,8,11-12H2,1-2H3,(H,23,28)/b7-4+. The second kappa shape index (κ2) is 8.67. The quantitative estimate of drug-likeness (QED) is 0.597. The number of hydrogen-bond acceptors (Lipinski definition) is 5. The second-order valence-electron chi connectivity index (χ2n) is 7.08. The van der Waals surface area contributed by atoms with Crippen LogP contribution in [0.4, 0.5) is 5.69 Å². The van der Waals surface area contributed by atoms with Gasteiger partial charge in [-0.05, 0) is 47.7 Å². The molecule has 152 valence electrons. The highest BCUT2D eigenvalue weighted by Gasteiger charge is 2.28. The fourth-order valence-electron chi connectivity index (χ4n) is 3.12. The molecule has 1 heterocycles. The van der Waals surface area contributed by atoms with E-state index >= 15 is 0 Å². The van der Waals surface area contributed by atoms with Crippen LogP contribution in [-0.2, 0) is 17.9 Å². The monoisotopic (exact) mass is 459 g/mol. The van der Waals surface area contributed by atoms with E-state index in [0.29, 0.717) is 29.8 Å². The van der Waals surface area contributed by atoms with Crippen molar-refractivity contribution in [3.63, 3.8) is 0 Å². The lowest BCUT2D eigenvalue weighted by Gasteiger charge is -2.17. The Morgan fingerprint density at radius 3 is 2.69 bits per heavy atom. The van der Waals surface area contributed by atoms with E-state index in [9.17, 15) is 19.8 Å². The summed E-state index contributed by atoms with van der Waals surface area (Å²) >= 11 is 3.16. The Hall–Kier alpha value is -2.84. The number of phenolic OH excluding ortho intramolecular Hbond substituents is 2. The molecule has 0 atom stereocenters. The number of hydrogen-bond donors (Lipinski definition) is 3. The highest BCUT2D eigenvalue weighted by molar-refractivity contribution is 9.10. The van der Waals surface area contributed by atoms with Crippen molar-refractivity contribution in [1.82, 2.24) is 9.80 Å². The molecular weight excluding hydrogens is 438 g/mol. The normalized spacial score (nSPS) is 13.2. The van der Waals surface area contributed by atoms with Crippen molar-refractivity contribution in [3.8, 4) is 11.5 Å². The molecule has 0 aliphatic carbocycles. The summed E-state index contributed by atoms with van der Waals surface area (Å²) in [6.45, 7) is 1.34. The summed E-state index contributed by atoms with van der Waals surface area (Å²) in [5.74, 6) is -1.02. The number of anilines is 1. The molecule has 0 unspecified atom stereocenters.